The van der Waals surface area contributed by atoms with Crippen molar-refractivity contribution >= 4 is 11.7 Å². The van der Waals surface area contributed by atoms with Crippen molar-refractivity contribution in [3.63, 3.8) is 0 Å². The number of amides is 1. The van der Waals surface area contributed by atoms with E-state index in [1.54, 1.807) is 0 Å². The Morgan fingerprint density at radius 3 is 1.63 bits per heavy atom. The normalized spacial score (nSPS) is 18.2. The maximum atomic E-state index is 12.9. The Morgan fingerprint density at radius 2 is 1.13 bits per heavy atom. The van der Waals surface area contributed by atoms with E-state index in [1.165, 1.54) is 103 Å². The number of quaternary nitrogens is 1. The third kappa shape index (κ3) is 11.4. The van der Waals surface area contributed by atoms with Gasteiger partial charge in [-0.25, -0.2) is 9.79 Å². The van der Waals surface area contributed by atoms with Crippen LogP contribution in [0.25, 0.3) is 0 Å². The largest absolute Gasteiger partial charge is 0.324 e. The lowest BCUT2D eigenvalue weighted by Gasteiger charge is -2.25. The predicted molar refractivity (Wildman–Crippen MR) is 131 cm³/mol. The zero-order valence-corrected chi connectivity index (χ0v) is 20.6. The summed E-state index contributed by atoms with van der Waals surface area (Å²) < 4.78 is 0.327. The van der Waals surface area contributed by atoms with Gasteiger partial charge in [0.05, 0.1) is 19.7 Å². The molecule has 3 nitrogen and oxygen atoms in total. The Balaban J connectivity index is 2.11. The molecule has 0 aromatic carbocycles. The molecule has 0 fully saturated rings. The third-order valence-electron chi connectivity index (χ3n) is 6.64. The van der Waals surface area contributed by atoms with Crippen LogP contribution in [0.3, 0.4) is 0 Å². The summed E-state index contributed by atoms with van der Waals surface area (Å²) >= 11 is 0. The summed E-state index contributed by atoms with van der Waals surface area (Å²) in [5.74, 6) is 1.37. The zero-order chi connectivity index (χ0) is 21.9. The third-order valence-corrected chi connectivity index (χ3v) is 6.64. The Kier molecular flexibility index (Phi) is 16.0. The molecule has 1 aliphatic rings. The minimum atomic E-state index is 0.320. The highest BCUT2D eigenvalue weighted by molar-refractivity contribution is 5.90. The van der Waals surface area contributed by atoms with Gasteiger partial charge >= 0.3 is 5.91 Å². The SMILES string of the molecule is CCCCCCCCCCCCC1=NC=C[N+]1(C)C(=O)CCCCCCCCCC. The molecule has 1 aliphatic heterocycles. The van der Waals surface area contributed by atoms with E-state index in [0.29, 0.717) is 16.8 Å². The van der Waals surface area contributed by atoms with Gasteiger partial charge in [0.1, 0.15) is 6.20 Å². The highest BCUT2D eigenvalue weighted by Crippen LogP contribution is 2.22. The number of aliphatic imine (C=N–C) groups is 1. The first-order valence-corrected chi connectivity index (χ1v) is 13.3. The van der Waals surface area contributed by atoms with E-state index in [9.17, 15) is 4.79 Å². The second kappa shape index (κ2) is 17.7. The van der Waals surface area contributed by atoms with E-state index in [4.69, 9.17) is 0 Å². The van der Waals surface area contributed by atoms with Crippen molar-refractivity contribution in [3.05, 3.63) is 12.4 Å². The van der Waals surface area contributed by atoms with Crippen LogP contribution in [0.4, 0.5) is 0 Å². The van der Waals surface area contributed by atoms with Crippen molar-refractivity contribution in [2.75, 3.05) is 7.05 Å². The van der Waals surface area contributed by atoms with Gasteiger partial charge in [0.15, 0.2) is 0 Å². The van der Waals surface area contributed by atoms with Gasteiger partial charge in [0, 0.05) is 6.42 Å². The van der Waals surface area contributed by atoms with Crippen LogP contribution in [0.2, 0.25) is 0 Å². The fourth-order valence-corrected chi connectivity index (χ4v) is 4.40. The minimum absolute atomic E-state index is 0.320. The van der Waals surface area contributed by atoms with Gasteiger partial charge in [-0.1, -0.05) is 117 Å². The molecule has 0 saturated carbocycles. The summed E-state index contributed by atoms with van der Waals surface area (Å²) in [7, 11) is 2.03. The number of carbonyl (C=O) groups excluding carboxylic acids is 1. The minimum Gasteiger partial charge on any atom is -0.230 e. The maximum absolute atomic E-state index is 12.9. The van der Waals surface area contributed by atoms with Gasteiger partial charge in [-0.2, -0.15) is 4.48 Å². The number of amidine groups is 1. The molecule has 0 spiro atoms. The highest BCUT2D eigenvalue weighted by atomic mass is 16.2. The van der Waals surface area contributed by atoms with E-state index in [1.807, 2.05) is 19.4 Å². The van der Waals surface area contributed by atoms with Crippen LogP contribution in [0.15, 0.2) is 17.4 Å². The van der Waals surface area contributed by atoms with Crippen molar-refractivity contribution < 1.29 is 9.28 Å². The van der Waals surface area contributed by atoms with Crippen molar-refractivity contribution in [1.29, 1.82) is 0 Å². The van der Waals surface area contributed by atoms with Gasteiger partial charge in [0.25, 0.3) is 0 Å². The molecule has 0 bridgehead atoms. The van der Waals surface area contributed by atoms with Crippen molar-refractivity contribution in [2.24, 2.45) is 4.99 Å². The first kappa shape index (κ1) is 27.1. The van der Waals surface area contributed by atoms with Gasteiger partial charge in [-0.15, -0.1) is 0 Å². The van der Waals surface area contributed by atoms with Gasteiger partial charge in [-0.3, -0.25) is 0 Å². The maximum Gasteiger partial charge on any atom is 0.324 e. The summed E-state index contributed by atoms with van der Waals surface area (Å²) in [6.07, 6.45) is 29.1. The molecule has 0 saturated heterocycles. The first-order chi connectivity index (χ1) is 14.6. The van der Waals surface area contributed by atoms with Crippen LogP contribution in [-0.2, 0) is 4.79 Å². The topological polar surface area (TPSA) is 29.4 Å². The van der Waals surface area contributed by atoms with E-state index in [2.05, 4.69) is 18.8 Å². The number of nitrogens with zero attached hydrogens (tertiary/aromatic N) is 2. The van der Waals surface area contributed by atoms with Crippen LogP contribution < -0.4 is 0 Å². The highest BCUT2D eigenvalue weighted by Gasteiger charge is 2.37. The smallest absolute Gasteiger partial charge is 0.230 e. The molecule has 0 N–H and O–H groups in total. The van der Waals surface area contributed by atoms with Crippen molar-refractivity contribution in [3.8, 4) is 0 Å². The van der Waals surface area contributed by atoms with Gasteiger partial charge in [-0.05, 0) is 12.8 Å². The van der Waals surface area contributed by atoms with Crippen LogP contribution >= 0.6 is 0 Å². The quantitative estimate of drug-likeness (QED) is 0.143. The van der Waals surface area contributed by atoms with E-state index < -0.39 is 0 Å². The monoisotopic (exact) mass is 419 g/mol. The summed E-state index contributed by atoms with van der Waals surface area (Å²) in [6, 6.07) is 0. The molecule has 1 amide bonds. The van der Waals surface area contributed by atoms with Crippen LogP contribution in [0.5, 0.6) is 0 Å². The standard InChI is InChI=1S/C27H51N2O/c1-4-6-8-10-12-14-15-16-18-20-22-26-28-24-25-29(26,3)27(30)23-21-19-17-13-11-9-7-5-2/h24-25H,4-23H2,1-3H3/q+1. The molecule has 0 aromatic rings. The fraction of sp³-hybridized carbons (Fsp3) is 0.852. The number of carbonyl (C=O) groups is 1. The Bertz CT molecular complexity index is 497. The molecule has 0 radical (unpaired) electrons. The summed E-state index contributed by atoms with van der Waals surface area (Å²) in [5, 5.41) is 0. The Morgan fingerprint density at radius 1 is 0.700 bits per heavy atom. The number of unbranched alkanes of at least 4 members (excludes halogenated alkanes) is 16. The summed E-state index contributed by atoms with van der Waals surface area (Å²) in [6.45, 7) is 4.54. The van der Waals surface area contributed by atoms with Crippen LogP contribution in [0.1, 0.15) is 142 Å². The molecular formula is C27H51N2O+. The first-order valence-electron chi connectivity index (χ1n) is 13.3. The Hall–Kier alpha value is -0.960. The molecule has 1 unspecified atom stereocenters. The number of hydrogen-bond acceptors (Lipinski definition) is 2. The molecule has 174 valence electrons. The van der Waals surface area contributed by atoms with E-state index >= 15 is 0 Å². The second-order valence-electron chi connectivity index (χ2n) is 9.47. The van der Waals surface area contributed by atoms with E-state index in [0.717, 1.165) is 25.1 Å². The lowest BCUT2D eigenvalue weighted by atomic mass is 10.0. The molecular weight excluding hydrogens is 368 g/mol. The molecule has 1 rings (SSSR count). The average molecular weight is 420 g/mol. The summed E-state index contributed by atoms with van der Waals surface area (Å²) in [5.41, 5.74) is 0. The average Bonchev–Trinajstić information content (AvgIpc) is 3.13. The number of hydrogen-bond donors (Lipinski definition) is 0. The fourth-order valence-electron chi connectivity index (χ4n) is 4.40. The molecule has 0 aliphatic carbocycles. The van der Waals surface area contributed by atoms with Crippen molar-refractivity contribution in [2.45, 2.75) is 142 Å². The Labute approximate surface area is 188 Å². The lowest BCUT2D eigenvalue weighted by molar-refractivity contribution is -0.683. The predicted octanol–water partition coefficient (Wildman–Crippen LogP) is 8.68. The molecule has 0 aromatic heterocycles. The van der Waals surface area contributed by atoms with Gasteiger partial charge in [0.2, 0.25) is 5.84 Å². The van der Waals surface area contributed by atoms with Crippen molar-refractivity contribution in [1.82, 2.24) is 0 Å². The molecule has 30 heavy (non-hydrogen) atoms. The lowest BCUT2D eigenvalue weighted by Crippen LogP contribution is -2.47. The zero-order valence-electron chi connectivity index (χ0n) is 20.6. The molecule has 3 heteroatoms. The second-order valence-corrected chi connectivity index (χ2v) is 9.47. The summed E-state index contributed by atoms with van der Waals surface area (Å²) in [4.78, 5) is 17.4. The molecule has 1 atom stereocenters. The number of rotatable bonds is 20. The van der Waals surface area contributed by atoms with Crippen LogP contribution in [-0.4, -0.2) is 23.3 Å². The molecule has 1 heterocycles. The van der Waals surface area contributed by atoms with E-state index in [-0.39, 0.29) is 0 Å². The van der Waals surface area contributed by atoms with Gasteiger partial charge < -0.3 is 0 Å². The van der Waals surface area contributed by atoms with Crippen LogP contribution in [0, 0.1) is 0 Å².